The van der Waals surface area contributed by atoms with Crippen molar-refractivity contribution in [2.75, 3.05) is 0 Å². The van der Waals surface area contributed by atoms with Crippen LogP contribution >= 0.6 is 0 Å². The maximum Gasteiger partial charge on any atom is 0.240 e. The molecule has 64 valence electrons. The molecule has 3 nitrogen and oxygen atoms in total. The van der Waals surface area contributed by atoms with Gasteiger partial charge in [0.25, 0.3) is 0 Å². The van der Waals surface area contributed by atoms with Gasteiger partial charge >= 0.3 is 0 Å². The first-order chi connectivity index (χ1) is 6.26. The van der Waals surface area contributed by atoms with Gasteiger partial charge in [-0.3, -0.25) is 0 Å². The van der Waals surface area contributed by atoms with Crippen molar-refractivity contribution >= 4 is 11.8 Å². The van der Waals surface area contributed by atoms with Crippen molar-refractivity contribution in [3.63, 3.8) is 0 Å². The summed E-state index contributed by atoms with van der Waals surface area (Å²) in [7, 11) is 0. The fourth-order valence-electron chi connectivity index (χ4n) is 0.944. The summed E-state index contributed by atoms with van der Waals surface area (Å²) in [4.78, 5) is 13.1. The van der Waals surface area contributed by atoms with Gasteiger partial charge in [-0.15, -0.1) is 0 Å². The molecule has 0 bridgehead atoms. The summed E-state index contributed by atoms with van der Waals surface area (Å²) in [5.74, 6) is -0.512. The van der Waals surface area contributed by atoms with Crippen molar-refractivity contribution < 1.29 is 9.18 Å². The summed E-state index contributed by atoms with van der Waals surface area (Å²) in [6.07, 6.45) is 1.40. The minimum atomic E-state index is -0.512. The molecule has 0 saturated heterocycles. The largest absolute Gasteiger partial charge is 0.240 e. The van der Waals surface area contributed by atoms with Gasteiger partial charge in [0.15, 0.2) is 0 Å². The van der Waals surface area contributed by atoms with Crippen LogP contribution in [0.1, 0.15) is 5.56 Å². The molecule has 0 saturated carbocycles. The lowest BCUT2D eigenvalue weighted by Gasteiger charge is -1.96. The lowest BCUT2D eigenvalue weighted by atomic mass is 10.1. The minimum absolute atomic E-state index is 0.0964. The number of hydrogen-bond acceptors (Lipinski definition) is 3. The second kappa shape index (κ2) is 4.15. The fourth-order valence-corrected chi connectivity index (χ4v) is 0.944. The third-order valence-corrected chi connectivity index (χ3v) is 1.40. The van der Waals surface area contributed by atoms with Crippen molar-refractivity contribution in [3.05, 3.63) is 29.6 Å². The van der Waals surface area contributed by atoms with E-state index in [-0.39, 0.29) is 12.1 Å². The van der Waals surface area contributed by atoms with E-state index in [1.807, 2.05) is 6.07 Å². The average Bonchev–Trinajstić information content (AvgIpc) is 2.04. The van der Waals surface area contributed by atoms with Crippen molar-refractivity contribution in [2.24, 2.45) is 4.99 Å². The predicted molar refractivity (Wildman–Crippen MR) is 43.5 cm³/mol. The third kappa shape index (κ3) is 2.51. The van der Waals surface area contributed by atoms with E-state index in [0.717, 1.165) is 6.07 Å². The highest BCUT2D eigenvalue weighted by Crippen LogP contribution is 2.16. The second-order valence-electron chi connectivity index (χ2n) is 2.36. The number of nitriles is 1. The second-order valence-corrected chi connectivity index (χ2v) is 2.36. The standard InChI is InChI=1S/C9H5FN2O/c10-8-3-7(1-2-11)4-9(5-8)12-6-13/h3-5H,1H2. The van der Waals surface area contributed by atoms with E-state index in [9.17, 15) is 9.18 Å². The van der Waals surface area contributed by atoms with Crippen LogP contribution in [-0.2, 0) is 11.2 Å². The van der Waals surface area contributed by atoms with Crippen LogP contribution in [0, 0.1) is 17.1 Å². The molecule has 1 rings (SSSR count). The topological polar surface area (TPSA) is 53.2 Å². The molecule has 0 spiro atoms. The molecule has 1 aromatic carbocycles. The Bertz CT molecular complexity index is 403. The van der Waals surface area contributed by atoms with Gasteiger partial charge in [0.1, 0.15) is 5.82 Å². The smallest absolute Gasteiger partial charge is 0.211 e. The molecule has 0 aliphatic heterocycles. The zero-order valence-corrected chi connectivity index (χ0v) is 6.62. The molecule has 0 aromatic heterocycles. The average molecular weight is 176 g/mol. The summed E-state index contributed by atoms with van der Waals surface area (Å²) < 4.78 is 12.8. The number of carbonyl (C=O) groups excluding carboxylic acids is 1. The summed E-state index contributed by atoms with van der Waals surface area (Å²) in [5, 5.41) is 8.35. The quantitative estimate of drug-likeness (QED) is 0.510. The molecule has 0 radical (unpaired) electrons. The van der Waals surface area contributed by atoms with Crippen LogP contribution in [0.15, 0.2) is 23.2 Å². The monoisotopic (exact) mass is 176 g/mol. The lowest BCUT2D eigenvalue weighted by Crippen LogP contribution is -1.83. The molecule has 0 heterocycles. The van der Waals surface area contributed by atoms with Gasteiger partial charge in [-0.2, -0.15) is 10.3 Å². The Hall–Kier alpha value is -1.98. The van der Waals surface area contributed by atoms with Crippen molar-refractivity contribution in [3.8, 4) is 6.07 Å². The Morgan fingerprint density at radius 3 is 2.85 bits per heavy atom. The molecule has 1 aromatic rings. The molecular formula is C9H5FN2O. The first kappa shape index (κ1) is 9.11. The third-order valence-electron chi connectivity index (χ3n) is 1.40. The Labute approximate surface area is 74.1 Å². The Kier molecular flexibility index (Phi) is 2.91. The molecule has 0 fully saturated rings. The zero-order chi connectivity index (χ0) is 9.68. The van der Waals surface area contributed by atoms with E-state index in [4.69, 9.17) is 5.26 Å². The Morgan fingerprint density at radius 1 is 1.46 bits per heavy atom. The number of rotatable bonds is 2. The number of hydrogen-bond donors (Lipinski definition) is 0. The molecular weight excluding hydrogens is 171 g/mol. The highest BCUT2D eigenvalue weighted by molar-refractivity contribution is 5.50. The molecule has 0 atom stereocenters. The molecule has 4 heteroatoms. The number of halogens is 1. The van der Waals surface area contributed by atoms with Crippen molar-refractivity contribution in [1.29, 1.82) is 5.26 Å². The van der Waals surface area contributed by atoms with Crippen LogP contribution in [0.3, 0.4) is 0 Å². The van der Waals surface area contributed by atoms with Gasteiger partial charge in [-0.05, 0) is 17.7 Å². The summed E-state index contributed by atoms with van der Waals surface area (Å²) >= 11 is 0. The lowest BCUT2D eigenvalue weighted by molar-refractivity contribution is 0.565. The summed E-state index contributed by atoms with van der Waals surface area (Å²) in [5.41, 5.74) is 0.678. The van der Waals surface area contributed by atoms with Gasteiger partial charge < -0.3 is 0 Å². The first-order valence-corrected chi connectivity index (χ1v) is 3.50. The number of aliphatic imine (C=N–C) groups is 1. The van der Waals surface area contributed by atoms with Gasteiger partial charge in [0.2, 0.25) is 6.08 Å². The normalized spacial score (nSPS) is 8.62. The molecule has 0 N–H and O–H groups in total. The zero-order valence-electron chi connectivity index (χ0n) is 6.62. The molecule has 0 amide bonds. The van der Waals surface area contributed by atoms with Gasteiger partial charge in [-0.1, -0.05) is 0 Å². The van der Waals surface area contributed by atoms with Crippen LogP contribution in [0.5, 0.6) is 0 Å². The van der Waals surface area contributed by atoms with E-state index >= 15 is 0 Å². The maximum absolute atomic E-state index is 12.8. The summed E-state index contributed by atoms with van der Waals surface area (Å²) in [6.45, 7) is 0. The maximum atomic E-state index is 12.8. The van der Waals surface area contributed by atoms with E-state index in [1.165, 1.54) is 18.2 Å². The highest BCUT2D eigenvalue weighted by Gasteiger charge is 1.99. The van der Waals surface area contributed by atoms with E-state index in [1.54, 1.807) is 0 Å². The van der Waals surface area contributed by atoms with Gasteiger partial charge in [-0.25, -0.2) is 9.18 Å². The first-order valence-electron chi connectivity index (χ1n) is 3.50. The van der Waals surface area contributed by atoms with Crippen LogP contribution in [0.2, 0.25) is 0 Å². The van der Waals surface area contributed by atoms with Gasteiger partial charge in [0, 0.05) is 6.07 Å². The van der Waals surface area contributed by atoms with Crippen LogP contribution < -0.4 is 0 Å². The fraction of sp³-hybridized carbons (Fsp3) is 0.111. The summed E-state index contributed by atoms with van der Waals surface area (Å²) in [6, 6.07) is 5.68. The number of isocyanates is 1. The Balaban J connectivity index is 3.11. The van der Waals surface area contributed by atoms with E-state index in [2.05, 4.69) is 4.99 Å². The highest BCUT2D eigenvalue weighted by atomic mass is 19.1. The van der Waals surface area contributed by atoms with Crippen molar-refractivity contribution in [1.82, 2.24) is 0 Å². The SMILES string of the molecule is N#CCc1cc(F)cc(N=C=O)c1. The molecule has 13 heavy (non-hydrogen) atoms. The predicted octanol–water partition coefficient (Wildman–Crippen LogP) is 1.86. The van der Waals surface area contributed by atoms with Crippen LogP contribution in [0.25, 0.3) is 0 Å². The molecule has 0 unspecified atom stereocenters. The molecule has 0 aliphatic rings. The van der Waals surface area contributed by atoms with E-state index < -0.39 is 5.82 Å². The van der Waals surface area contributed by atoms with Crippen molar-refractivity contribution in [2.45, 2.75) is 6.42 Å². The van der Waals surface area contributed by atoms with Crippen LogP contribution in [-0.4, -0.2) is 6.08 Å². The Morgan fingerprint density at radius 2 is 2.23 bits per heavy atom. The number of nitrogens with zero attached hydrogens (tertiary/aromatic N) is 2. The molecule has 0 aliphatic carbocycles. The minimum Gasteiger partial charge on any atom is -0.211 e. The van der Waals surface area contributed by atoms with Crippen LogP contribution in [0.4, 0.5) is 10.1 Å². The van der Waals surface area contributed by atoms with Gasteiger partial charge in [0.05, 0.1) is 18.2 Å². The number of benzene rings is 1. The van der Waals surface area contributed by atoms with E-state index in [0.29, 0.717) is 5.56 Å².